The minimum Gasteiger partial charge on any atom is -0.303 e. The van der Waals surface area contributed by atoms with Gasteiger partial charge in [0.25, 0.3) is 0 Å². The predicted octanol–water partition coefficient (Wildman–Crippen LogP) is 3.88. The van der Waals surface area contributed by atoms with Gasteiger partial charge < -0.3 is 4.79 Å². The van der Waals surface area contributed by atoms with Crippen molar-refractivity contribution >= 4 is 6.29 Å². The van der Waals surface area contributed by atoms with E-state index in [9.17, 15) is 4.79 Å². The minimum absolute atomic E-state index is 0.470. The first-order valence-electron chi connectivity index (χ1n) is 5.76. The molecule has 0 unspecified atom stereocenters. The molecule has 0 N–H and O–H groups in total. The summed E-state index contributed by atoms with van der Waals surface area (Å²) < 4.78 is 0. The third-order valence-corrected chi connectivity index (χ3v) is 3.40. The van der Waals surface area contributed by atoms with Crippen molar-refractivity contribution in [2.45, 2.75) is 58.8 Å². The summed E-state index contributed by atoms with van der Waals surface area (Å²) in [6.07, 6.45) is 11.8. The van der Waals surface area contributed by atoms with Crippen LogP contribution in [0, 0.1) is 5.41 Å². The highest BCUT2D eigenvalue weighted by molar-refractivity contribution is 5.49. The van der Waals surface area contributed by atoms with Gasteiger partial charge in [-0.15, -0.1) is 0 Å². The predicted molar refractivity (Wildman–Crippen MR) is 60.2 cm³/mol. The molecule has 1 heteroatoms. The average Bonchev–Trinajstić information content (AvgIpc) is 2.61. The van der Waals surface area contributed by atoms with Crippen molar-refractivity contribution in [2.75, 3.05) is 0 Å². The van der Waals surface area contributed by atoms with Crippen LogP contribution in [0.5, 0.6) is 0 Å². The normalized spacial score (nSPS) is 19.3. The van der Waals surface area contributed by atoms with Crippen LogP contribution in [0.1, 0.15) is 58.8 Å². The third kappa shape index (κ3) is 3.28. The minimum atomic E-state index is 0.470. The molecule has 0 radical (unpaired) electrons. The van der Waals surface area contributed by atoms with Crippen LogP contribution in [0.15, 0.2) is 11.6 Å². The first-order chi connectivity index (χ1) is 6.68. The SMILES string of the molecule is CC(C)=CCC1(CCC=O)CCCC1. The van der Waals surface area contributed by atoms with Gasteiger partial charge in [0, 0.05) is 6.42 Å². The van der Waals surface area contributed by atoms with Crippen LogP contribution in [0.3, 0.4) is 0 Å². The molecule has 0 heterocycles. The van der Waals surface area contributed by atoms with Gasteiger partial charge in [0.2, 0.25) is 0 Å². The van der Waals surface area contributed by atoms with Gasteiger partial charge in [-0.1, -0.05) is 24.5 Å². The van der Waals surface area contributed by atoms with Crippen molar-refractivity contribution in [1.29, 1.82) is 0 Å². The number of rotatable bonds is 5. The van der Waals surface area contributed by atoms with Crippen molar-refractivity contribution in [2.24, 2.45) is 5.41 Å². The highest BCUT2D eigenvalue weighted by Gasteiger charge is 2.31. The Hall–Kier alpha value is -0.590. The van der Waals surface area contributed by atoms with E-state index in [0.717, 1.165) is 19.1 Å². The maximum atomic E-state index is 10.4. The van der Waals surface area contributed by atoms with E-state index in [4.69, 9.17) is 0 Å². The van der Waals surface area contributed by atoms with E-state index in [0.29, 0.717) is 5.41 Å². The molecule has 14 heavy (non-hydrogen) atoms. The fourth-order valence-electron chi connectivity index (χ4n) is 2.47. The molecule has 0 aromatic rings. The Balaban J connectivity index is 2.52. The molecule has 0 aromatic carbocycles. The molecule has 0 amide bonds. The monoisotopic (exact) mass is 194 g/mol. The van der Waals surface area contributed by atoms with Gasteiger partial charge in [-0.3, -0.25) is 0 Å². The van der Waals surface area contributed by atoms with Gasteiger partial charge in [0.15, 0.2) is 0 Å². The molecule has 0 spiro atoms. The number of carbonyl (C=O) groups excluding carboxylic acids is 1. The Morgan fingerprint density at radius 2 is 1.93 bits per heavy atom. The van der Waals surface area contributed by atoms with Crippen LogP contribution in [-0.2, 0) is 4.79 Å². The molecule has 0 aliphatic heterocycles. The lowest BCUT2D eigenvalue weighted by atomic mass is 9.78. The lowest BCUT2D eigenvalue weighted by Crippen LogP contribution is -2.15. The molecular formula is C13H22O. The van der Waals surface area contributed by atoms with E-state index in [1.54, 1.807) is 0 Å². The van der Waals surface area contributed by atoms with E-state index in [1.165, 1.54) is 37.7 Å². The Kier molecular flexibility index (Phi) is 4.37. The average molecular weight is 194 g/mol. The highest BCUT2D eigenvalue weighted by Crippen LogP contribution is 2.45. The summed E-state index contributed by atoms with van der Waals surface area (Å²) in [7, 11) is 0. The van der Waals surface area contributed by atoms with E-state index >= 15 is 0 Å². The van der Waals surface area contributed by atoms with E-state index < -0.39 is 0 Å². The molecule has 0 bridgehead atoms. The summed E-state index contributed by atoms with van der Waals surface area (Å²) >= 11 is 0. The molecule has 1 aliphatic carbocycles. The standard InChI is InChI=1S/C13H22O/c1-12(2)6-10-13(9-5-11-14)7-3-4-8-13/h6,11H,3-5,7-10H2,1-2H3. The van der Waals surface area contributed by atoms with Gasteiger partial charge in [-0.2, -0.15) is 0 Å². The summed E-state index contributed by atoms with van der Waals surface area (Å²) in [6, 6.07) is 0. The Morgan fingerprint density at radius 1 is 1.29 bits per heavy atom. The van der Waals surface area contributed by atoms with Crippen molar-refractivity contribution < 1.29 is 4.79 Å². The smallest absolute Gasteiger partial charge is 0.120 e. The lowest BCUT2D eigenvalue weighted by Gasteiger charge is -2.27. The first kappa shape index (κ1) is 11.5. The van der Waals surface area contributed by atoms with E-state index in [2.05, 4.69) is 19.9 Å². The van der Waals surface area contributed by atoms with Gasteiger partial charge in [0.1, 0.15) is 6.29 Å². The topological polar surface area (TPSA) is 17.1 Å². The maximum absolute atomic E-state index is 10.4. The maximum Gasteiger partial charge on any atom is 0.120 e. The number of carbonyl (C=O) groups is 1. The molecule has 0 saturated heterocycles. The van der Waals surface area contributed by atoms with Gasteiger partial charge >= 0.3 is 0 Å². The van der Waals surface area contributed by atoms with Gasteiger partial charge in [-0.25, -0.2) is 0 Å². The molecule has 1 rings (SSSR count). The van der Waals surface area contributed by atoms with E-state index in [1.807, 2.05) is 0 Å². The fraction of sp³-hybridized carbons (Fsp3) is 0.769. The van der Waals surface area contributed by atoms with Gasteiger partial charge in [-0.05, 0) is 44.9 Å². The lowest BCUT2D eigenvalue weighted by molar-refractivity contribution is -0.108. The molecule has 1 saturated carbocycles. The molecule has 0 aromatic heterocycles. The third-order valence-electron chi connectivity index (χ3n) is 3.40. The Labute approximate surface area is 87.6 Å². The molecule has 1 nitrogen and oxygen atoms in total. The second kappa shape index (κ2) is 5.33. The second-order valence-corrected chi connectivity index (χ2v) is 4.90. The zero-order valence-corrected chi connectivity index (χ0v) is 9.51. The number of hydrogen-bond acceptors (Lipinski definition) is 1. The zero-order chi connectivity index (χ0) is 10.4. The largest absolute Gasteiger partial charge is 0.303 e. The van der Waals surface area contributed by atoms with Crippen molar-refractivity contribution in [1.82, 2.24) is 0 Å². The van der Waals surface area contributed by atoms with Crippen LogP contribution >= 0.6 is 0 Å². The van der Waals surface area contributed by atoms with Crippen LogP contribution in [0.4, 0.5) is 0 Å². The molecule has 1 fully saturated rings. The van der Waals surface area contributed by atoms with Crippen LogP contribution < -0.4 is 0 Å². The van der Waals surface area contributed by atoms with Crippen LogP contribution in [0.2, 0.25) is 0 Å². The summed E-state index contributed by atoms with van der Waals surface area (Å²) in [4.78, 5) is 10.4. The Morgan fingerprint density at radius 3 is 2.43 bits per heavy atom. The van der Waals surface area contributed by atoms with Crippen molar-refractivity contribution in [3.05, 3.63) is 11.6 Å². The Bertz CT molecular complexity index is 205. The highest BCUT2D eigenvalue weighted by atomic mass is 16.1. The second-order valence-electron chi connectivity index (χ2n) is 4.90. The van der Waals surface area contributed by atoms with Gasteiger partial charge in [0.05, 0.1) is 0 Å². The molecule has 1 aliphatic rings. The number of allylic oxidation sites excluding steroid dienone is 2. The quantitative estimate of drug-likeness (QED) is 0.479. The summed E-state index contributed by atoms with van der Waals surface area (Å²) in [6.45, 7) is 4.31. The first-order valence-corrected chi connectivity index (χ1v) is 5.76. The zero-order valence-electron chi connectivity index (χ0n) is 9.51. The van der Waals surface area contributed by atoms with Crippen LogP contribution in [-0.4, -0.2) is 6.29 Å². The molecule has 0 atom stereocenters. The van der Waals surface area contributed by atoms with E-state index in [-0.39, 0.29) is 0 Å². The van der Waals surface area contributed by atoms with Crippen LogP contribution in [0.25, 0.3) is 0 Å². The fourth-order valence-corrected chi connectivity index (χ4v) is 2.47. The van der Waals surface area contributed by atoms with Crippen molar-refractivity contribution in [3.8, 4) is 0 Å². The molecule has 80 valence electrons. The molecular weight excluding hydrogens is 172 g/mol. The number of hydrogen-bond donors (Lipinski definition) is 0. The summed E-state index contributed by atoms with van der Waals surface area (Å²) in [5, 5.41) is 0. The van der Waals surface area contributed by atoms with Crippen molar-refractivity contribution in [3.63, 3.8) is 0 Å². The summed E-state index contributed by atoms with van der Waals surface area (Å²) in [5.41, 5.74) is 1.88. The number of aldehydes is 1. The summed E-state index contributed by atoms with van der Waals surface area (Å²) in [5.74, 6) is 0.